The Morgan fingerprint density at radius 1 is 1.29 bits per heavy atom. The largest absolute Gasteiger partial charge is 0.388 e. The second-order valence-corrected chi connectivity index (χ2v) is 8.74. The summed E-state index contributed by atoms with van der Waals surface area (Å²) in [6.07, 6.45) is 4.50. The molecule has 2 fully saturated rings. The first-order valence-electron chi connectivity index (χ1n) is 11.3. The van der Waals surface area contributed by atoms with Crippen molar-refractivity contribution in [3.63, 3.8) is 0 Å². The zero-order valence-corrected chi connectivity index (χ0v) is 18.5. The Morgan fingerprint density at radius 3 is 2.88 bits per heavy atom. The number of aliphatic hydroxyl groups excluding tert-OH is 1. The van der Waals surface area contributed by atoms with Crippen molar-refractivity contribution in [2.45, 2.75) is 37.2 Å². The molecule has 1 amide bonds. The highest BCUT2D eigenvalue weighted by molar-refractivity contribution is 6.01. The number of rotatable bonds is 5. The number of nitrogens with one attached hydrogen (secondary N) is 2. The monoisotopic (exact) mass is 465 g/mol. The van der Waals surface area contributed by atoms with Gasteiger partial charge in [-0.1, -0.05) is 0 Å². The molecular weight excluding hydrogens is 441 g/mol. The average molecular weight is 465 g/mol. The third kappa shape index (κ3) is 3.23. The maximum absolute atomic E-state index is 13.7. The number of anilines is 1. The van der Waals surface area contributed by atoms with Gasteiger partial charge in [0.1, 0.15) is 29.3 Å². The lowest BCUT2D eigenvalue weighted by atomic mass is 9.90. The molecule has 6 rings (SSSR count). The van der Waals surface area contributed by atoms with E-state index in [2.05, 4.69) is 20.7 Å². The molecule has 11 heteroatoms. The summed E-state index contributed by atoms with van der Waals surface area (Å²) in [6.45, 7) is 0.661. The fourth-order valence-corrected chi connectivity index (χ4v) is 4.64. The van der Waals surface area contributed by atoms with Crippen LogP contribution in [0.5, 0.6) is 0 Å². The molecule has 5 heterocycles. The van der Waals surface area contributed by atoms with Gasteiger partial charge in [-0.05, 0) is 25.0 Å². The van der Waals surface area contributed by atoms with Crippen LogP contribution >= 0.6 is 0 Å². The topological polar surface area (TPSA) is 119 Å². The maximum atomic E-state index is 13.7. The number of carbonyl (C=O) groups is 1. The van der Waals surface area contributed by atoms with Crippen LogP contribution in [0, 0.1) is 0 Å². The minimum atomic E-state index is -1.02. The van der Waals surface area contributed by atoms with Crippen LogP contribution in [-0.2, 0) is 4.74 Å². The Labute approximate surface area is 193 Å². The van der Waals surface area contributed by atoms with Gasteiger partial charge in [0.05, 0.1) is 37.2 Å². The van der Waals surface area contributed by atoms with Crippen LogP contribution in [0.15, 0.2) is 36.8 Å². The first-order chi connectivity index (χ1) is 16.5. The molecule has 4 atom stereocenters. The van der Waals surface area contributed by atoms with Gasteiger partial charge in [0, 0.05) is 36.5 Å². The number of amides is 1. The Morgan fingerprint density at radius 2 is 2.18 bits per heavy atom. The Bertz CT molecular complexity index is 1400. The second kappa shape index (κ2) is 8.03. The molecule has 1 aliphatic carbocycles. The van der Waals surface area contributed by atoms with Crippen molar-refractivity contribution in [1.82, 2.24) is 29.5 Å². The molecule has 1 saturated heterocycles. The predicted molar refractivity (Wildman–Crippen MR) is 123 cm³/mol. The molecule has 0 bridgehead atoms. The summed E-state index contributed by atoms with van der Waals surface area (Å²) >= 11 is 0. The molecule has 0 radical (unpaired) electrons. The van der Waals surface area contributed by atoms with Gasteiger partial charge in [-0.3, -0.25) is 4.79 Å². The molecule has 3 N–H and O–H groups in total. The predicted octanol–water partition coefficient (Wildman–Crippen LogP) is 1.95. The number of alkyl halides is 1. The Hall–Kier alpha value is -3.57. The van der Waals surface area contributed by atoms with Crippen molar-refractivity contribution in [3.05, 3.63) is 42.4 Å². The van der Waals surface area contributed by atoms with Crippen LogP contribution in [-0.4, -0.2) is 73.7 Å². The number of carbonyl (C=O) groups excluding carboxylic acids is 1. The number of aliphatic hydroxyl groups is 1. The van der Waals surface area contributed by atoms with Gasteiger partial charge in [0.2, 0.25) is 0 Å². The number of halogens is 1. The average Bonchev–Trinajstić information content (AvgIpc) is 3.57. The highest BCUT2D eigenvalue weighted by Gasteiger charge is 2.33. The van der Waals surface area contributed by atoms with Gasteiger partial charge in [-0.15, -0.1) is 0 Å². The molecule has 4 aromatic heterocycles. The lowest BCUT2D eigenvalue weighted by molar-refractivity contribution is 0.0826. The van der Waals surface area contributed by atoms with Crippen molar-refractivity contribution in [2.75, 3.05) is 25.6 Å². The molecule has 10 nitrogen and oxygen atoms in total. The van der Waals surface area contributed by atoms with E-state index in [9.17, 15) is 14.3 Å². The number of pyridine rings is 1. The van der Waals surface area contributed by atoms with Crippen molar-refractivity contribution in [2.24, 2.45) is 0 Å². The summed E-state index contributed by atoms with van der Waals surface area (Å²) in [7, 11) is 1.76. The van der Waals surface area contributed by atoms with Gasteiger partial charge in [-0.25, -0.2) is 14.4 Å². The molecule has 0 spiro atoms. The van der Waals surface area contributed by atoms with Gasteiger partial charge in [0.15, 0.2) is 5.65 Å². The minimum absolute atomic E-state index is 0.258. The van der Waals surface area contributed by atoms with Crippen molar-refractivity contribution < 1.29 is 19.0 Å². The molecule has 0 aromatic carbocycles. The summed E-state index contributed by atoms with van der Waals surface area (Å²) in [5, 5.41) is 21.5. The third-order valence-corrected chi connectivity index (χ3v) is 6.72. The van der Waals surface area contributed by atoms with E-state index in [0.717, 1.165) is 10.9 Å². The highest BCUT2D eigenvalue weighted by atomic mass is 19.1. The molecule has 4 aromatic rings. The smallest absolute Gasteiger partial charge is 0.257 e. The van der Waals surface area contributed by atoms with Crippen molar-refractivity contribution >= 4 is 28.4 Å². The third-order valence-electron chi connectivity index (χ3n) is 6.72. The quantitative estimate of drug-likeness (QED) is 0.412. The zero-order chi connectivity index (χ0) is 23.4. The lowest BCUT2D eigenvalue weighted by Gasteiger charge is -2.30. The molecule has 1 saturated carbocycles. The number of aromatic nitrogens is 5. The summed E-state index contributed by atoms with van der Waals surface area (Å²) < 4.78 is 22.7. The van der Waals surface area contributed by atoms with Crippen molar-refractivity contribution in [1.29, 1.82) is 0 Å². The van der Waals surface area contributed by atoms with Gasteiger partial charge in [0.25, 0.3) is 5.91 Å². The van der Waals surface area contributed by atoms with Crippen LogP contribution in [0.4, 0.5) is 10.2 Å². The second-order valence-electron chi connectivity index (χ2n) is 8.74. The first-order valence-corrected chi connectivity index (χ1v) is 11.3. The number of nitrogens with zero attached hydrogens (tertiary/aromatic N) is 5. The summed E-state index contributed by atoms with van der Waals surface area (Å²) in [5.41, 5.74) is 2.77. The van der Waals surface area contributed by atoms with Crippen LogP contribution in [0.3, 0.4) is 0 Å². The van der Waals surface area contributed by atoms with E-state index >= 15 is 0 Å². The van der Waals surface area contributed by atoms with Crippen LogP contribution in [0.1, 0.15) is 29.2 Å². The maximum Gasteiger partial charge on any atom is 0.257 e. The summed E-state index contributed by atoms with van der Waals surface area (Å²) in [5.74, 6) is 0.240. The van der Waals surface area contributed by atoms with Crippen LogP contribution < -0.4 is 10.6 Å². The van der Waals surface area contributed by atoms with E-state index in [1.807, 2.05) is 29.0 Å². The van der Waals surface area contributed by atoms with E-state index in [4.69, 9.17) is 9.72 Å². The van der Waals surface area contributed by atoms with E-state index in [0.29, 0.717) is 42.3 Å². The summed E-state index contributed by atoms with van der Waals surface area (Å²) in [4.78, 5) is 22.2. The molecule has 176 valence electrons. The SMILES string of the molecule is CNc1cc(-c2cn([C@H]3COC[C@@H]3O)c3ncccc23)nc2c(C(=O)N[C@H]3CC[C@@H]3F)cnn12. The number of fused-ring (bicyclic) bond motifs is 2. The van der Waals surface area contributed by atoms with Crippen LogP contribution in [0.2, 0.25) is 0 Å². The molecule has 34 heavy (non-hydrogen) atoms. The first kappa shape index (κ1) is 21.0. The Kier molecular flexibility index (Phi) is 4.96. The van der Waals surface area contributed by atoms with Gasteiger partial charge >= 0.3 is 0 Å². The van der Waals surface area contributed by atoms with E-state index < -0.39 is 24.2 Å². The molecule has 0 unspecified atom stereocenters. The van der Waals surface area contributed by atoms with Crippen LogP contribution in [0.25, 0.3) is 27.9 Å². The molecule has 2 aliphatic rings. The fourth-order valence-electron chi connectivity index (χ4n) is 4.64. The van der Waals surface area contributed by atoms with Crippen molar-refractivity contribution in [3.8, 4) is 11.3 Å². The standard InChI is InChI=1S/C23H24FN7O3/c1-25-20-7-17(28-22-13(8-27-31(20)22)23(33)29-16-5-4-15(16)24)14-9-30(18-10-34-11-19(18)32)21-12(14)3-2-6-26-21/h2-3,6-9,15-16,18-19,25,32H,4-5,10-11H2,1H3,(H,29,33)/t15-,16-,18-,19-/m0/s1. The Balaban J connectivity index is 1.48. The number of hydrogen-bond acceptors (Lipinski definition) is 7. The van der Waals surface area contributed by atoms with E-state index in [1.165, 1.54) is 6.20 Å². The number of ether oxygens (including phenoxy) is 1. The number of hydrogen-bond donors (Lipinski definition) is 3. The minimum Gasteiger partial charge on any atom is -0.388 e. The van der Waals surface area contributed by atoms with E-state index in [-0.39, 0.29) is 18.2 Å². The summed E-state index contributed by atoms with van der Waals surface area (Å²) in [6, 6.07) is 4.91. The molecule has 1 aliphatic heterocycles. The van der Waals surface area contributed by atoms with E-state index in [1.54, 1.807) is 17.8 Å². The normalized spacial score (nSPS) is 24.4. The molecular formula is C23H24FN7O3. The lowest BCUT2D eigenvalue weighted by Crippen LogP contribution is -2.48. The van der Waals surface area contributed by atoms with Gasteiger partial charge in [-0.2, -0.15) is 9.61 Å². The highest BCUT2D eigenvalue weighted by Crippen LogP contribution is 2.34. The fraction of sp³-hybridized carbons (Fsp3) is 0.391. The zero-order valence-electron chi connectivity index (χ0n) is 18.5. The van der Waals surface area contributed by atoms with Gasteiger partial charge < -0.3 is 25.0 Å².